The summed E-state index contributed by atoms with van der Waals surface area (Å²) in [5.41, 5.74) is 1.05. The molecular formula is C11H15FO2S. The van der Waals surface area contributed by atoms with Crippen LogP contribution in [0.4, 0.5) is 4.39 Å². The molecule has 15 heavy (non-hydrogen) atoms. The first-order valence-electron chi connectivity index (χ1n) is 4.89. The van der Waals surface area contributed by atoms with Gasteiger partial charge in [-0.2, -0.15) is 0 Å². The standard InChI is InChI=1S/C11H15FO2S/c1-15(13,14)11-7-5-10(6-8-11)4-2-3-9-12/h5-8H,2-4,9H2,1H3. The third-order valence-electron chi connectivity index (χ3n) is 2.20. The van der Waals surface area contributed by atoms with Crippen LogP contribution in [0.5, 0.6) is 0 Å². The number of unbranched alkanes of at least 4 members (excludes halogenated alkanes) is 1. The van der Waals surface area contributed by atoms with Crippen LogP contribution in [0.3, 0.4) is 0 Å². The fourth-order valence-corrected chi connectivity index (χ4v) is 1.96. The Hall–Kier alpha value is -0.900. The summed E-state index contributed by atoms with van der Waals surface area (Å²) in [4.78, 5) is 0.330. The Balaban J connectivity index is 2.65. The Kier molecular flexibility index (Phi) is 4.27. The highest BCUT2D eigenvalue weighted by Crippen LogP contribution is 2.12. The second-order valence-corrected chi connectivity index (χ2v) is 5.58. The van der Waals surface area contributed by atoms with Crippen LogP contribution >= 0.6 is 0 Å². The molecule has 0 aliphatic heterocycles. The van der Waals surface area contributed by atoms with Crippen LogP contribution in [0.2, 0.25) is 0 Å². The van der Waals surface area contributed by atoms with Gasteiger partial charge in [0.25, 0.3) is 0 Å². The number of sulfone groups is 1. The Morgan fingerprint density at radius 1 is 1.13 bits per heavy atom. The maximum atomic E-state index is 11.8. The van der Waals surface area contributed by atoms with Gasteiger partial charge >= 0.3 is 0 Å². The van der Waals surface area contributed by atoms with Crippen molar-refractivity contribution in [2.75, 3.05) is 12.9 Å². The third kappa shape index (κ3) is 4.00. The van der Waals surface area contributed by atoms with Crippen molar-refractivity contribution >= 4 is 9.84 Å². The van der Waals surface area contributed by atoms with Gasteiger partial charge in [0.15, 0.2) is 9.84 Å². The lowest BCUT2D eigenvalue weighted by Crippen LogP contribution is -1.97. The van der Waals surface area contributed by atoms with Crippen LogP contribution in [-0.2, 0) is 16.3 Å². The molecule has 0 unspecified atom stereocenters. The Morgan fingerprint density at radius 3 is 2.20 bits per heavy atom. The molecule has 1 aromatic carbocycles. The molecule has 4 heteroatoms. The lowest BCUT2D eigenvalue weighted by molar-refractivity contribution is 0.462. The summed E-state index contributed by atoms with van der Waals surface area (Å²) in [7, 11) is -3.10. The van der Waals surface area contributed by atoms with Crippen molar-refractivity contribution in [2.24, 2.45) is 0 Å². The van der Waals surface area contributed by atoms with Gasteiger partial charge in [0.2, 0.25) is 0 Å². The van der Waals surface area contributed by atoms with Crippen molar-refractivity contribution in [3.8, 4) is 0 Å². The number of halogens is 1. The zero-order valence-corrected chi connectivity index (χ0v) is 9.56. The van der Waals surface area contributed by atoms with Crippen molar-refractivity contribution in [2.45, 2.75) is 24.2 Å². The second-order valence-electron chi connectivity index (χ2n) is 3.56. The minimum Gasteiger partial charge on any atom is -0.251 e. The molecule has 0 aliphatic rings. The van der Waals surface area contributed by atoms with Crippen LogP contribution in [0.1, 0.15) is 18.4 Å². The molecule has 0 atom stereocenters. The zero-order chi connectivity index (χ0) is 11.3. The molecular weight excluding hydrogens is 215 g/mol. The van der Waals surface area contributed by atoms with Crippen molar-refractivity contribution < 1.29 is 12.8 Å². The van der Waals surface area contributed by atoms with E-state index >= 15 is 0 Å². The minimum atomic E-state index is -3.10. The molecule has 0 aliphatic carbocycles. The molecule has 0 aromatic heterocycles. The van der Waals surface area contributed by atoms with Gasteiger partial charge in [-0.15, -0.1) is 0 Å². The predicted octanol–water partition coefficient (Wildman–Crippen LogP) is 2.38. The summed E-state index contributed by atoms with van der Waals surface area (Å²) in [5, 5.41) is 0. The maximum Gasteiger partial charge on any atom is 0.175 e. The van der Waals surface area contributed by atoms with Crippen LogP contribution in [-0.4, -0.2) is 21.3 Å². The van der Waals surface area contributed by atoms with E-state index in [1.807, 2.05) is 0 Å². The molecule has 0 saturated carbocycles. The molecule has 1 aromatic rings. The van der Waals surface area contributed by atoms with E-state index in [1.54, 1.807) is 24.3 Å². The third-order valence-corrected chi connectivity index (χ3v) is 3.33. The van der Waals surface area contributed by atoms with Gasteiger partial charge in [-0.25, -0.2) is 8.42 Å². The van der Waals surface area contributed by atoms with Crippen molar-refractivity contribution in [1.29, 1.82) is 0 Å². The molecule has 2 nitrogen and oxygen atoms in total. The van der Waals surface area contributed by atoms with Crippen molar-refractivity contribution in [3.05, 3.63) is 29.8 Å². The summed E-state index contributed by atoms with van der Waals surface area (Å²) in [6, 6.07) is 6.77. The van der Waals surface area contributed by atoms with E-state index in [4.69, 9.17) is 0 Å². The van der Waals surface area contributed by atoms with E-state index in [2.05, 4.69) is 0 Å². The number of benzene rings is 1. The molecule has 1 rings (SSSR count). The van der Waals surface area contributed by atoms with Gasteiger partial charge < -0.3 is 0 Å². The van der Waals surface area contributed by atoms with E-state index in [9.17, 15) is 12.8 Å². The highest BCUT2D eigenvalue weighted by Gasteiger charge is 2.05. The minimum absolute atomic E-state index is 0.290. The molecule has 0 amide bonds. The Bertz CT molecular complexity index is 395. The fraction of sp³-hybridized carbons (Fsp3) is 0.455. The average molecular weight is 230 g/mol. The molecule has 0 heterocycles. The predicted molar refractivity (Wildman–Crippen MR) is 58.5 cm³/mol. The summed E-state index contributed by atoms with van der Waals surface area (Å²) in [6.45, 7) is -0.290. The molecule has 0 saturated heterocycles. The van der Waals surface area contributed by atoms with Crippen molar-refractivity contribution in [1.82, 2.24) is 0 Å². The molecule has 0 fully saturated rings. The first-order valence-corrected chi connectivity index (χ1v) is 6.78. The Labute approximate surface area is 90.0 Å². The highest BCUT2D eigenvalue weighted by atomic mass is 32.2. The van der Waals surface area contributed by atoms with Gasteiger partial charge in [0.05, 0.1) is 11.6 Å². The number of rotatable bonds is 5. The summed E-state index contributed by atoms with van der Waals surface area (Å²) in [5.74, 6) is 0. The number of hydrogen-bond acceptors (Lipinski definition) is 2. The SMILES string of the molecule is CS(=O)(=O)c1ccc(CCCCF)cc1. The van der Waals surface area contributed by atoms with E-state index < -0.39 is 9.84 Å². The fourth-order valence-electron chi connectivity index (χ4n) is 1.33. The van der Waals surface area contributed by atoms with Crippen LogP contribution in [0, 0.1) is 0 Å². The lowest BCUT2D eigenvalue weighted by Gasteiger charge is -2.02. The topological polar surface area (TPSA) is 34.1 Å². The normalized spacial score (nSPS) is 11.6. The summed E-state index contributed by atoms with van der Waals surface area (Å²) in [6.07, 6.45) is 3.35. The van der Waals surface area contributed by atoms with E-state index in [-0.39, 0.29) is 6.67 Å². The van der Waals surface area contributed by atoms with E-state index in [0.29, 0.717) is 11.3 Å². The Morgan fingerprint density at radius 2 is 1.73 bits per heavy atom. The smallest absolute Gasteiger partial charge is 0.175 e. The zero-order valence-electron chi connectivity index (χ0n) is 8.74. The molecule has 0 spiro atoms. The van der Waals surface area contributed by atoms with Gasteiger partial charge in [0.1, 0.15) is 0 Å². The van der Waals surface area contributed by atoms with Crippen molar-refractivity contribution in [3.63, 3.8) is 0 Å². The highest BCUT2D eigenvalue weighted by molar-refractivity contribution is 7.90. The van der Waals surface area contributed by atoms with Crippen LogP contribution in [0.25, 0.3) is 0 Å². The summed E-state index contributed by atoms with van der Waals surface area (Å²) < 4.78 is 34.1. The maximum absolute atomic E-state index is 11.8. The van der Waals surface area contributed by atoms with Gasteiger partial charge in [-0.1, -0.05) is 12.1 Å². The average Bonchev–Trinajstić information content (AvgIpc) is 2.18. The quantitative estimate of drug-likeness (QED) is 0.728. The van der Waals surface area contributed by atoms with Crippen LogP contribution in [0.15, 0.2) is 29.2 Å². The molecule has 84 valence electrons. The van der Waals surface area contributed by atoms with Crippen LogP contribution < -0.4 is 0 Å². The largest absolute Gasteiger partial charge is 0.251 e. The van der Waals surface area contributed by atoms with E-state index in [1.165, 1.54) is 6.26 Å². The number of alkyl halides is 1. The monoisotopic (exact) mass is 230 g/mol. The molecule has 0 radical (unpaired) electrons. The molecule has 0 N–H and O–H groups in total. The second kappa shape index (κ2) is 5.26. The summed E-state index contributed by atoms with van der Waals surface area (Å²) >= 11 is 0. The van der Waals surface area contributed by atoms with Gasteiger partial charge in [-0.3, -0.25) is 4.39 Å². The van der Waals surface area contributed by atoms with Gasteiger partial charge in [-0.05, 0) is 37.0 Å². The molecule has 0 bridgehead atoms. The first-order chi connectivity index (χ1) is 7.04. The lowest BCUT2D eigenvalue weighted by atomic mass is 10.1. The van der Waals surface area contributed by atoms with Gasteiger partial charge in [0, 0.05) is 6.26 Å². The number of hydrogen-bond donors (Lipinski definition) is 0. The first kappa shape index (κ1) is 12.2. The number of aryl methyl sites for hydroxylation is 1. The van der Waals surface area contributed by atoms with E-state index in [0.717, 1.165) is 18.4 Å².